The van der Waals surface area contributed by atoms with Gasteiger partial charge < -0.3 is 15.3 Å². The average Bonchev–Trinajstić information content (AvgIpc) is 2.58. The first-order valence-electron chi connectivity index (χ1n) is 7.77. The summed E-state index contributed by atoms with van der Waals surface area (Å²) in [6, 6.07) is -4.07. The Bertz CT molecular complexity index is 856. The van der Waals surface area contributed by atoms with Crippen molar-refractivity contribution < 1.29 is 42.3 Å². The second kappa shape index (κ2) is 7.67. The van der Waals surface area contributed by atoms with Gasteiger partial charge in [0.05, 0.1) is 6.54 Å². The molecule has 0 saturated carbocycles. The molecule has 2 rings (SSSR count). The molecule has 4 N–H and O–H groups in total. The van der Waals surface area contributed by atoms with Crippen molar-refractivity contribution in [2.24, 2.45) is 0 Å². The molecule has 0 aromatic rings. The summed E-state index contributed by atoms with van der Waals surface area (Å²) in [4.78, 5) is 71.3. The van der Waals surface area contributed by atoms with Gasteiger partial charge in [-0.15, -0.1) is 0 Å². The third-order valence-electron chi connectivity index (χ3n) is 3.85. The first kappa shape index (κ1) is 20.9. The summed E-state index contributed by atoms with van der Waals surface area (Å²) in [5.41, 5.74) is 0. The first-order valence-corrected chi connectivity index (χ1v) is 9.25. The molecule has 2 aliphatic rings. The monoisotopic (exact) mass is 420 g/mol. The number of nitrogens with one attached hydrogen (secondary N) is 3. The Labute approximate surface area is 157 Å². The highest BCUT2D eigenvalue weighted by Gasteiger charge is 2.43. The quantitative estimate of drug-likeness (QED) is 0.267. The van der Waals surface area contributed by atoms with Gasteiger partial charge in [-0.1, -0.05) is 0 Å². The van der Waals surface area contributed by atoms with Crippen LogP contribution in [-0.4, -0.2) is 96.3 Å². The van der Waals surface area contributed by atoms with E-state index >= 15 is 0 Å². The van der Waals surface area contributed by atoms with E-state index in [1.807, 2.05) is 5.32 Å². The largest absolute Gasteiger partial charge is 0.465 e. The summed E-state index contributed by atoms with van der Waals surface area (Å²) in [7, 11) is -4.82. The third kappa shape index (κ3) is 4.27. The summed E-state index contributed by atoms with van der Waals surface area (Å²) in [5, 5.41) is 10.3. The van der Waals surface area contributed by atoms with E-state index in [1.165, 1.54) is 14.3 Å². The summed E-state index contributed by atoms with van der Waals surface area (Å²) in [6.45, 7) is 1.21. The minimum absolute atomic E-state index is 0.0150. The molecule has 154 valence electrons. The molecule has 0 aromatic heterocycles. The number of carboxylic acid groups (broad SMARTS) is 1. The molecule has 1 unspecified atom stereocenters. The Kier molecular flexibility index (Phi) is 5.72. The van der Waals surface area contributed by atoms with Gasteiger partial charge in [0.2, 0.25) is 0 Å². The molecule has 28 heavy (non-hydrogen) atoms. The predicted molar refractivity (Wildman–Crippen MR) is 86.6 cm³/mol. The Morgan fingerprint density at radius 2 is 1.61 bits per heavy atom. The van der Waals surface area contributed by atoms with Crippen LogP contribution in [0.3, 0.4) is 0 Å². The predicted octanol–water partition coefficient (Wildman–Crippen LogP) is -3.18. The molecule has 1 atom stereocenters. The lowest BCUT2D eigenvalue weighted by Gasteiger charge is -2.35. The fourth-order valence-electron chi connectivity index (χ4n) is 2.40. The molecule has 16 heteroatoms. The summed E-state index contributed by atoms with van der Waals surface area (Å²) in [6.07, 6.45) is -1.50. The van der Waals surface area contributed by atoms with Crippen LogP contribution in [0.5, 0.6) is 0 Å². The zero-order chi connectivity index (χ0) is 21.2. The Morgan fingerprint density at radius 1 is 1.04 bits per heavy atom. The van der Waals surface area contributed by atoms with Gasteiger partial charge in [0.1, 0.15) is 6.04 Å². The maximum absolute atomic E-state index is 12.0. The fourth-order valence-corrected chi connectivity index (χ4v) is 3.13. The summed E-state index contributed by atoms with van der Waals surface area (Å²) < 4.78 is 26.5. The number of hydrogen-bond donors (Lipinski definition) is 4. The molecule has 8 amide bonds. The van der Waals surface area contributed by atoms with Crippen LogP contribution >= 0.6 is 0 Å². The third-order valence-corrected chi connectivity index (χ3v) is 4.74. The standard InChI is InChI=1S/C12H16N6O9S/c1-2-16-3-4-17(9(21)8(16)20)10(22)14-28(26,27)15-11(23)18-5-6(7(18)19)13-12(24)25/h6,13H,2-5H2,1H3,(H,14,22)(H,15,23)(H,24,25). The van der Waals surface area contributed by atoms with Crippen LogP contribution in [0.4, 0.5) is 14.4 Å². The van der Waals surface area contributed by atoms with Crippen molar-refractivity contribution in [1.82, 2.24) is 29.5 Å². The minimum atomic E-state index is -4.82. The van der Waals surface area contributed by atoms with Gasteiger partial charge in [-0.2, -0.15) is 8.42 Å². The van der Waals surface area contributed by atoms with Crippen LogP contribution in [0.1, 0.15) is 6.92 Å². The van der Waals surface area contributed by atoms with Crippen molar-refractivity contribution in [3.8, 4) is 0 Å². The average molecular weight is 420 g/mol. The molecule has 2 heterocycles. The molecule has 2 saturated heterocycles. The Hall–Kier alpha value is -3.43. The smallest absolute Gasteiger partial charge is 0.405 e. The molecule has 0 radical (unpaired) electrons. The Morgan fingerprint density at radius 3 is 2.11 bits per heavy atom. The number of piperazine rings is 1. The SMILES string of the molecule is CCN1CCN(C(=O)NS(=O)(=O)NC(=O)N2CC(NC(=O)O)C2=O)C(=O)C1=O. The van der Waals surface area contributed by atoms with Crippen LogP contribution in [0.25, 0.3) is 0 Å². The maximum atomic E-state index is 12.0. The van der Waals surface area contributed by atoms with Crippen molar-refractivity contribution in [2.75, 3.05) is 26.2 Å². The maximum Gasteiger partial charge on any atom is 0.405 e. The second-order valence-corrected chi connectivity index (χ2v) is 7.03. The van der Waals surface area contributed by atoms with Crippen LogP contribution in [0, 0.1) is 0 Å². The first-order chi connectivity index (χ1) is 13.0. The number of nitrogens with zero attached hydrogens (tertiary/aromatic N) is 3. The fraction of sp³-hybridized carbons (Fsp3) is 0.500. The highest BCUT2D eigenvalue weighted by atomic mass is 32.2. The molecule has 2 fully saturated rings. The van der Waals surface area contributed by atoms with Crippen molar-refractivity contribution in [2.45, 2.75) is 13.0 Å². The number of likely N-dealkylation sites (N-methyl/N-ethyl adjacent to an activating group) is 1. The van der Waals surface area contributed by atoms with Gasteiger partial charge in [0, 0.05) is 19.6 Å². The van der Waals surface area contributed by atoms with Gasteiger partial charge in [-0.05, 0) is 6.92 Å². The van der Waals surface area contributed by atoms with Gasteiger partial charge in [0.15, 0.2) is 0 Å². The lowest BCUT2D eigenvalue weighted by Crippen LogP contribution is -2.68. The van der Waals surface area contributed by atoms with Crippen LogP contribution in [0.15, 0.2) is 0 Å². The van der Waals surface area contributed by atoms with Gasteiger partial charge in [0.25, 0.3) is 5.91 Å². The van der Waals surface area contributed by atoms with Gasteiger partial charge in [-0.25, -0.2) is 23.8 Å². The lowest BCUT2D eigenvalue weighted by molar-refractivity contribution is -0.153. The minimum Gasteiger partial charge on any atom is -0.465 e. The molecule has 0 bridgehead atoms. The van der Waals surface area contributed by atoms with E-state index in [9.17, 15) is 37.2 Å². The van der Waals surface area contributed by atoms with E-state index in [2.05, 4.69) is 0 Å². The number of hydrogen-bond acceptors (Lipinski definition) is 8. The zero-order valence-corrected chi connectivity index (χ0v) is 15.2. The molecular formula is C12H16N6O9S. The number of rotatable bonds is 4. The topological polar surface area (TPSA) is 203 Å². The van der Waals surface area contributed by atoms with Crippen LogP contribution in [0.2, 0.25) is 0 Å². The van der Waals surface area contributed by atoms with E-state index in [0.717, 1.165) is 0 Å². The summed E-state index contributed by atoms with van der Waals surface area (Å²) in [5.74, 6) is -3.20. The van der Waals surface area contributed by atoms with Crippen molar-refractivity contribution in [1.29, 1.82) is 0 Å². The molecular weight excluding hydrogens is 404 g/mol. The van der Waals surface area contributed by atoms with Gasteiger partial charge in [-0.3, -0.25) is 24.2 Å². The number of imide groups is 2. The molecule has 15 nitrogen and oxygen atoms in total. The van der Waals surface area contributed by atoms with Crippen molar-refractivity contribution in [3.05, 3.63) is 0 Å². The number of amides is 8. The second-order valence-electron chi connectivity index (χ2n) is 5.61. The van der Waals surface area contributed by atoms with Crippen LogP contribution in [-0.2, 0) is 24.6 Å². The lowest BCUT2D eigenvalue weighted by atomic mass is 10.1. The highest BCUT2D eigenvalue weighted by molar-refractivity contribution is 7.88. The Balaban J connectivity index is 1.93. The number of carbonyl (C=O) groups is 6. The molecule has 0 spiro atoms. The van der Waals surface area contributed by atoms with Gasteiger partial charge >= 0.3 is 40.2 Å². The number of carbonyl (C=O) groups excluding carboxylic acids is 5. The van der Waals surface area contributed by atoms with E-state index in [-0.39, 0.29) is 19.6 Å². The van der Waals surface area contributed by atoms with E-state index < -0.39 is 58.7 Å². The normalized spacial score (nSPS) is 19.8. The molecule has 2 aliphatic heterocycles. The van der Waals surface area contributed by atoms with Crippen molar-refractivity contribution in [3.63, 3.8) is 0 Å². The number of urea groups is 2. The molecule has 0 aliphatic carbocycles. The van der Waals surface area contributed by atoms with Crippen molar-refractivity contribution >= 4 is 46.1 Å². The number of β-lactam (4-membered cyclic amide) rings is 1. The molecule has 0 aromatic carbocycles. The van der Waals surface area contributed by atoms with Crippen LogP contribution < -0.4 is 14.8 Å². The highest BCUT2D eigenvalue weighted by Crippen LogP contribution is 2.11. The van der Waals surface area contributed by atoms with E-state index in [4.69, 9.17) is 5.11 Å². The van der Waals surface area contributed by atoms with E-state index in [1.54, 1.807) is 6.92 Å². The summed E-state index contributed by atoms with van der Waals surface area (Å²) >= 11 is 0. The zero-order valence-electron chi connectivity index (χ0n) is 14.4. The number of likely N-dealkylation sites (tertiary alicyclic amines) is 1. The van der Waals surface area contributed by atoms with E-state index in [0.29, 0.717) is 9.80 Å².